The van der Waals surface area contributed by atoms with E-state index in [9.17, 15) is 4.79 Å². The Balaban J connectivity index is 1.78. The number of nitrogens with one attached hydrogen (secondary N) is 1. The van der Waals surface area contributed by atoms with E-state index >= 15 is 0 Å². The lowest BCUT2D eigenvalue weighted by Gasteiger charge is -2.12. The number of aromatic amines is 1. The van der Waals surface area contributed by atoms with Crippen LogP contribution in [0.3, 0.4) is 0 Å². The second-order valence-electron chi connectivity index (χ2n) is 7.64. The molecule has 0 aliphatic carbocycles. The van der Waals surface area contributed by atoms with Gasteiger partial charge >= 0.3 is 5.56 Å². The van der Waals surface area contributed by atoms with Gasteiger partial charge in [-0.3, -0.25) is 0 Å². The SMILES string of the molecule is C=CCn1c[nH+]c2c(c1=O)c1nc3ccccc3nc1n2/N=C/c1cc(OC)c(OC)c(OC)c1. The molecule has 0 atom stereocenters. The van der Waals surface area contributed by atoms with Gasteiger partial charge in [0.25, 0.3) is 5.65 Å². The minimum absolute atomic E-state index is 0.213. The molecule has 5 aromatic rings. The molecule has 3 aromatic heterocycles. The van der Waals surface area contributed by atoms with E-state index in [0.29, 0.717) is 62.6 Å². The summed E-state index contributed by atoms with van der Waals surface area (Å²) in [6, 6.07) is 11.1. The molecular weight excluding hydrogens is 448 g/mol. The highest BCUT2D eigenvalue weighted by Gasteiger charge is 2.24. The third-order valence-corrected chi connectivity index (χ3v) is 5.61. The van der Waals surface area contributed by atoms with E-state index in [0.717, 1.165) is 0 Å². The lowest BCUT2D eigenvalue weighted by Crippen LogP contribution is -2.26. The maximum absolute atomic E-state index is 13.3. The van der Waals surface area contributed by atoms with Gasteiger partial charge < -0.3 is 14.2 Å². The zero-order chi connectivity index (χ0) is 24.5. The van der Waals surface area contributed by atoms with Crippen molar-refractivity contribution in [2.45, 2.75) is 6.54 Å². The van der Waals surface area contributed by atoms with E-state index in [-0.39, 0.29) is 5.56 Å². The van der Waals surface area contributed by atoms with Crippen LogP contribution in [0.5, 0.6) is 17.2 Å². The fourth-order valence-electron chi connectivity index (χ4n) is 3.99. The number of nitrogens with zero attached hydrogens (tertiary/aromatic N) is 5. The highest BCUT2D eigenvalue weighted by atomic mass is 16.5. The van der Waals surface area contributed by atoms with Gasteiger partial charge in [-0.15, -0.1) is 9.78 Å². The summed E-state index contributed by atoms with van der Waals surface area (Å²) in [5, 5.41) is 5.05. The summed E-state index contributed by atoms with van der Waals surface area (Å²) in [7, 11) is 4.65. The summed E-state index contributed by atoms with van der Waals surface area (Å²) >= 11 is 0. The quantitative estimate of drug-likeness (QED) is 0.267. The van der Waals surface area contributed by atoms with Crippen molar-refractivity contribution in [3.8, 4) is 17.2 Å². The Morgan fingerprint density at radius 1 is 1.06 bits per heavy atom. The molecule has 10 nitrogen and oxygen atoms in total. The largest absolute Gasteiger partial charge is 0.493 e. The zero-order valence-corrected chi connectivity index (χ0v) is 19.5. The molecule has 0 saturated carbocycles. The van der Waals surface area contributed by atoms with Gasteiger partial charge in [-0.2, -0.15) is 0 Å². The highest BCUT2D eigenvalue weighted by molar-refractivity contribution is 6.03. The minimum atomic E-state index is -0.213. The van der Waals surface area contributed by atoms with Crippen molar-refractivity contribution in [2.75, 3.05) is 21.3 Å². The number of aromatic nitrogens is 5. The molecule has 0 aliphatic heterocycles. The second kappa shape index (κ2) is 8.90. The highest BCUT2D eigenvalue weighted by Crippen LogP contribution is 2.37. The number of hydrogen-bond donors (Lipinski definition) is 0. The van der Waals surface area contributed by atoms with Crippen LogP contribution < -0.4 is 24.8 Å². The summed E-state index contributed by atoms with van der Waals surface area (Å²) in [5.74, 6) is 1.48. The zero-order valence-electron chi connectivity index (χ0n) is 19.5. The molecule has 0 fully saturated rings. The van der Waals surface area contributed by atoms with Crippen LogP contribution in [-0.4, -0.2) is 46.8 Å². The Labute approximate surface area is 199 Å². The average Bonchev–Trinajstić information content (AvgIpc) is 3.19. The molecule has 0 radical (unpaired) electrons. The van der Waals surface area contributed by atoms with Gasteiger partial charge in [-0.25, -0.2) is 24.3 Å². The number of methoxy groups -OCH3 is 3. The fraction of sp³-hybridized carbons (Fsp3) is 0.160. The van der Waals surface area contributed by atoms with E-state index < -0.39 is 0 Å². The summed E-state index contributed by atoms with van der Waals surface area (Å²) < 4.78 is 19.4. The predicted octanol–water partition coefficient (Wildman–Crippen LogP) is 2.81. The van der Waals surface area contributed by atoms with Crippen LogP contribution in [0.25, 0.3) is 33.2 Å². The first kappa shape index (κ1) is 22.1. The van der Waals surface area contributed by atoms with Crippen molar-refractivity contribution in [1.82, 2.24) is 19.2 Å². The first-order valence-corrected chi connectivity index (χ1v) is 10.8. The van der Waals surface area contributed by atoms with Crippen molar-refractivity contribution in [2.24, 2.45) is 5.10 Å². The molecule has 2 aromatic carbocycles. The molecule has 3 heterocycles. The smallest absolute Gasteiger partial charge is 0.323 e. The number of benzene rings is 2. The van der Waals surface area contributed by atoms with E-state index in [1.54, 1.807) is 56.8 Å². The van der Waals surface area contributed by atoms with Crippen LogP contribution in [0.4, 0.5) is 0 Å². The van der Waals surface area contributed by atoms with E-state index in [1.165, 1.54) is 4.57 Å². The monoisotopic (exact) mass is 471 g/mol. The van der Waals surface area contributed by atoms with Crippen molar-refractivity contribution in [3.63, 3.8) is 0 Å². The van der Waals surface area contributed by atoms with Crippen molar-refractivity contribution in [3.05, 3.63) is 71.3 Å². The number of hydrogen-bond acceptors (Lipinski definition) is 7. The van der Waals surface area contributed by atoms with Gasteiger partial charge in [0.1, 0.15) is 5.52 Å². The van der Waals surface area contributed by atoms with Gasteiger partial charge in [0.05, 0.1) is 45.1 Å². The van der Waals surface area contributed by atoms with Crippen molar-refractivity contribution in [1.29, 1.82) is 0 Å². The maximum Gasteiger partial charge on any atom is 0.323 e. The third kappa shape index (κ3) is 3.65. The molecule has 10 heteroatoms. The third-order valence-electron chi connectivity index (χ3n) is 5.61. The molecule has 0 spiro atoms. The van der Waals surface area contributed by atoms with Gasteiger partial charge in [0.2, 0.25) is 11.4 Å². The van der Waals surface area contributed by atoms with Gasteiger partial charge in [-0.1, -0.05) is 24.8 Å². The first-order valence-electron chi connectivity index (χ1n) is 10.8. The fourth-order valence-corrected chi connectivity index (χ4v) is 3.99. The molecule has 0 aliphatic rings. The van der Waals surface area contributed by atoms with Gasteiger partial charge in [0, 0.05) is 5.56 Å². The molecule has 35 heavy (non-hydrogen) atoms. The molecule has 176 valence electrons. The summed E-state index contributed by atoms with van der Waals surface area (Å²) in [6.45, 7) is 4.08. The van der Waals surface area contributed by atoms with Crippen LogP contribution in [0.2, 0.25) is 0 Å². The number of rotatable bonds is 7. The van der Waals surface area contributed by atoms with Gasteiger partial charge in [0.15, 0.2) is 23.2 Å². The second-order valence-corrected chi connectivity index (χ2v) is 7.64. The maximum atomic E-state index is 13.3. The average molecular weight is 471 g/mol. The van der Waals surface area contributed by atoms with Crippen LogP contribution in [0.1, 0.15) is 5.56 Å². The molecule has 0 saturated heterocycles. The number of H-pyrrole nitrogens is 1. The number of para-hydroxylation sites is 2. The topological polar surface area (TPSA) is 107 Å². The lowest BCUT2D eigenvalue weighted by atomic mass is 10.2. The first-order chi connectivity index (χ1) is 17.1. The van der Waals surface area contributed by atoms with Crippen LogP contribution >= 0.6 is 0 Å². The molecule has 5 rings (SSSR count). The van der Waals surface area contributed by atoms with E-state index in [2.05, 4.69) is 16.7 Å². The number of fused-ring (bicyclic) bond motifs is 4. The van der Waals surface area contributed by atoms with Crippen LogP contribution in [0, 0.1) is 0 Å². The number of allylic oxidation sites excluding steroid dienone is 1. The van der Waals surface area contributed by atoms with Crippen LogP contribution in [-0.2, 0) is 6.54 Å². The summed E-state index contributed by atoms with van der Waals surface area (Å²) in [4.78, 5) is 26.0. The molecule has 0 amide bonds. The van der Waals surface area contributed by atoms with Crippen molar-refractivity contribution < 1.29 is 19.2 Å². The molecule has 0 unspecified atom stereocenters. The summed E-state index contributed by atoms with van der Waals surface area (Å²) in [5.41, 5.74) is 3.25. The van der Waals surface area contributed by atoms with Crippen LogP contribution in [0.15, 0.2) is 65.3 Å². The van der Waals surface area contributed by atoms with E-state index in [4.69, 9.17) is 24.2 Å². The van der Waals surface area contributed by atoms with E-state index in [1.807, 2.05) is 24.3 Å². The summed E-state index contributed by atoms with van der Waals surface area (Å²) in [6.07, 6.45) is 4.88. The normalized spacial score (nSPS) is 11.5. The predicted molar refractivity (Wildman–Crippen MR) is 133 cm³/mol. The Bertz CT molecular complexity index is 1660. The standard InChI is InChI=1S/C25H22N6O4/c1-5-10-30-14-26-23-20(25(30)32)21-24(29-17-9-7-6-8-16(17)28-21)31(23)27-13-15-11-18(33-2)22(35-4)19(12-15)34-3/h5-9,11-14H,1,10H2,2-4H3/p+1/b27-13+. The van der Waals surface area contributed by atoms with Crippen molar-refractivity contribution >= 4 is 39.4 Å². The minimum Gasteiger partial charge on any atom is -0.493 e. The lowest BCUT2D eigenvalue weighted by molar-refractivity contribution is -0.357. The number of ether oxygens (including phenoxy) is 3. The Kier molecular flexibility index (Phi) is 5.61. The Hall–Kier alpha value is -4.73. The Morgan fingerprint density at radius 3 is 2.37 bits per heavy atom. The Morgan fingerprint density at radius 2 is 1.74 bits per heavy atom. The molecular formula is C25H23N6O4+. The van der Waals surface area contributed by atoms with Gasteiger partial charge in [-0.05, 0) is 24.3 Å². The molecule has 1 N–H and O–H groups in total. The molecule has 0 bridgehead atoms.